The molecule has 1 heterocycles. The van der Waals surface area contributed by atoms with Gasteiger partial charge in [0, 0.05) is 24.9 Å². The average molecular weight is 347 g/mol. The van der Waals surface area contributed by atoms with Crippen LogP contribution in [0, 0.1) is 0 Å². The summed E-state index contributed by atoms with van der Waals surface area (Å²) < 4.78 is 5.33. The Morgan fingerprint density at radius 2 is 1.72 bits per heavy atom. The van der Waals surface area contributed by atoms with E-state index in [1.165, 1.54) is 0 Å². The first kappa shape index (κ1) is 19.2. The zero-order valence-electron chi connectivity index (χ0n) is 15.4. The second-order valence-corrected chi connectivity index (χ2v) is 7.57. The van der Waals surface area contributed by atoms with Gasteiger partial charge in [-0.2, -0.15) is 0 Å². The Bertz CT molecular complexity index is 569. The SMILES string of the molecule is CC(C)(C)OC(=O)N[C@@H]1CCCC[C@H]1NC(=O)CCc1ccncc1. The van der Waals surface area contributed by atoms with Gasteiger partial charge in [-0.1, -0.05) is 12.8 Å². The number of nitrogens with one attached hydrogen (secondary N) is 2. The van der Waals surface area contributed by atoms with Gasteiger partial charge in [-0.25, -0.2) is 4.79 Å². The van der Waals surface area contributed by atoms with E-state index in [0.717, 1.165) is 31.2 Å². The van der Waals surface area contributed by atoms with E-state index >= 15 is 0 Å². The van der Waals surface area contributed by atoms with Crippen LogP contribution in [0.2, 0.25) is 0 Å². The summed E-state index contributed by atoms with van der Waals surface area (Å²) >= 11 is 0. The number of alkyl carbamates (subject to hydrolysis) is 1. The van der Waals surface area contributed by atoms with Crippen molar-refractivity contribution in [3.05, 3.63) is 30.1 Å². The fourth-order valence-corrected chi connectivity index (χ4v) is 3.02. The molecule has 0 unspecified atom stereocenters. The molecular formula is C19H29N3O3. The highest BCUT2D eigenvalue weighted by Gasteiger charge is 2.29. The standard InChI is InChI=1S/C19H29N3O3/c1-19(2,3)25-18(24)22-16-7-5-4-6-15(16)21-17(23)9-8-14-10-12-20-13-11-14/h10-13,15-16H,4-9H2,1-3H3,(H,21,23)(H,22,24)/t15-,16-/m1/s1. The lowest BCUT2D eigenvalue weighted by Crippen LogP contribution is -2.53. The number of ether oxygens (including phenoxy) is 1. The molecule has 1 aromatic heterocycles. The van der Waals surface area contributed by atoms with Crippen molar-refractivity contribution in [2.45, 2.75) is 77.0 Å². The van der Waals surface area contributed by atoms with Gasteiger partial charge in [-0.05, 0) is 57.7 Å². The quantitative estimate of drug-likeness (QED) is 0.858. The highest BCUT2D eigenvalue weighted by Crippen LogP contribution is 2.19. The van der Waals surface area contributed by atoms with Crippen LogP contribution in [-0.4, -0.2) is 34.7 Å². The van der Waals surface area contributed by atoms with E-state index in [1.807, 2.05) is 32.9 Å². The summed E-state index contributed by atoms with van der Waals surface area (Å²) in [5.41, 5.74) is 0.569. The van der Waals surface area contributed by atoms with Crippen molar-refractivity contribution in [1.82, 2.24) is 15.6 Å². The molecule has 1 aliphatic rings. The maximum Gasteiger partial charge on any atom is 0.407 e. The van der Waals surface area contributed by atoms with Crippen LogP contribution in [0.15, 0.2) is 24.5 Å². The van der Waals surface area contributed by atoms with Gasteiger partial charge in [0.15, 0.2) is 0 Å². The minimum absolute atomic E-state index is 0.0136. The topological polar surface area (TPSA) is 80.3 Å². The Balaban J connectivity index is 1.83. The summed E-state index contributed by atoms with van der Waals surface area (Å²) in [4.78, 5) is 28.3. The number of hydrogen-bond donors (Lipinski definition) is 2. The third-order valence-corrected chi connectivity index (χ3v) is 4.20. The van der Waals surface area contributed by atoms with E-state index in [0.29, 0.717) is 12.8 Å². The Morgan fingerprint density at radius 1 is 1.12 bits per heavy atom. The van der Waals surface area contributed by atoms with Crippen molar-refractivity contribution in [1.29, 1.82) is 0 Å². The largest absolute Gasteiger partial charge is 0.444 e. The van der Waals surface area contributed by atoms with Gasteiger partial charge < -0.3 is 15.4 Å². The van der Waals surface area contributed by atoms with Crippen LogP contribution in [0.5, 0.6) is 0 Å². The first-order chi connectivity index (χ1) is 11.8. The van der Waals surface area contributed by atoms with Crippen molar-refractivity contribution in [3.63, 3.8) is 0 Å². The van der Waals surface area contributed by atoms with E-state index in [-0.39, 0.29) is 18.0 Å². The lowest BCUT2D eigenvalue weighted by Gasteiger charge is -2.33. The molecule has 0 saturated heterocycles. The molecule has 6 heteroatoms. The third-order valence-electron chi connectivity index (χ3n) is 4.20. The highest BCUT2D eigenvalue weighted by atomic mass is 16.6. The number of aryl methyl sites for hydroxylation is 1. The van der Waals surface area contributed by atoms with Gasteiger partial charge in [0.05, 0.1) is 6.04 Å². The molecule has 2 atom stereocenters. The molecule has 1 aliphatic carbocycles. The zero-order valence-corrected chi connectivity index (χ0v) is 15.4. The molecule has 2 N–H and O–H groups in total. The maximum absolute atomic E-state index is 12.3. The van der Waals surface area contributed by atoms with Crippen LogP contribution in [-0.2, 0) is 16.0 Å². The van der Waals surface area contributed by atoms with Gasteiger partial charge in [-0.15, -0.1) is 0 Å². The number of aromatic nitrogens is 1. The molecule has 0 spiro atoms. The summed E-state index contributed by atoms with van der Waals surface area (Å²) in [6, 6.07) is 3.72. The lowest BCUT2D eigenvalue weighted by molar-refractivity contribution is -0.122. The third kappa shape index (κ3) is 7.11. The summed E-state index contributed by atoms with van der Waals surface area (Å²) in [6.45, 7) is 5.52. The van der Waals surface area contributed by atoms with E-state index in [4.69, 9.17) is 4.74 Å². The molecule has 0 aromatic carbocycles. The maximum atomic E-state index is 12.3. The van der Waals surface area contributed by atoms with Gasteiger partial charge in [0.25, 0.3) is 0 Å². The van der Waals surface area contributed by atoms with E-state index in [2.05, 4.69) is 15.6 Å². The van der Waals surface area contributed by atoms with Gasteiger partial charge in [0.1, 0.15) is 5.60 Å². The lowest BCUT2D eigenvalue weighted by atomic mass is 9.90. The molecule has 6 nitrogen and oxygen atoms in total. The van der Waals surface area contributed by atoms with E-state index < -0.39 is 11.7 Å². The summed E-state index contributed by atoms with van der Waals surface area (Å²) in [5, 5.41) is 6.00. The van der Waals surface area contributed by atoms with Gasteiger partial charge in [-0.3, -0.25) is 9.78 Å². The Morgan fingerprint density at radius 3 is 2.32 bits per heavy atom. The van der Waals surface area contributed by atoms with Crippen LogP contribution in [0.1, 0.15) is 58.4 Å². The molecule has 2 rings (SSSR count). The van der Waals surface area contributed by atoms with Crippen molar-refractivity contribution in [3.8, 4) is 0 Å². The molecule has 0 bridgehead atoms. The fourth-order valence-electron chi connectivity index (χ4n) is 3.02. The molecule has 1 aromatic rings. The Labute approximate surface area is 149 Å². The van der Waals surface area contributed by atoms with Crippen LogP contribution >= 0.6 is 0 Å². The summed E-state index contributed by atoms with van der Waals surface area (Å²) in [5.74, 6) is 0.0136. The molecule has 138 valence electrons. The smallest absolute Gasteiger partial charge is 0.407 e. The van der Waals surface area contributed by atoms with Crippen LogP contribution in [0.3, 0.4) is 0 Å². The fraction of sp³-hybridized carbons (Fsp3) is 0.632. The monoisotopic (exact) mass is 347 g/mol. The summed E-state index contributed by atoms with van der Waals surface area (Å²) in [6.07, 6.45) is 7.99. The summed E-state index contributed by atoms with van der Waals surface area (Å²) in [7, 11) is 0. The molecule has 25 heavy (non-hydrogen) atoms. The molecular weight excluding hydrogens is 318 g/mol. The van der Waals surface area contributed by atoms with Crippen LogP contribution < -0.4 is 10.6 Å². The molecule has 2 amide bonds. The van der Waals surface area contributed by atoms with Crippen LogP contribution in [0.4, 0.5) is 4.79 Å². The van der Waals surface area contributed by atoms with Crippen molar-refractivity contribution in [2.24, 2.45) is 0 Å². The molecule has 0 aliphatic heterocycles. The average Bonchev–Trinajstić information content (AvgIpc) is 2.54. The number of amides is 2. The van der Waals surface area contributed by atoms with E-state index in [1.54, 1.807) is 12.4 Å². The Kier molecular flexibility index (Phi) is 6.79. The first-order valence-corrected chi connectivity index (χ1v) is 9.01. The number of carbonyl (C=O) groups is 2. The minimum Gasteiger partial charge on any atom is -0.444 e. The number of carbonyl (C=O) groups excluding carboxylic acids is 2. The van der Waals surface area contributed by atoms with Crippen molar-refractivity contribution >= 4 is 12.0 Å². The number of nitrogens with zero attached hydrogens (tertiary/aromatic N) is 1. The Hall–Kier alpha value is -2.11. The first-order valence-electron chi connectivity index (χ1n) is 9.01. The van der Waals surface area contributed by atoms with E-state index in [9.17, 15) is 9.59 Å². The van der Waals surface area contributed by atoms with Crippen molar-refractivity contribution in [2.75, 3.05) is 0 Å². The second kappa shape index (κ2) is 8.83. The predicted molar refractivity (Wildman–Crippen MR) is 96.1 cm³/mol. The number of pyridine rings is 1. The van der Waals surface area contributed by atoms with Crippen LogP contribution in [0.25, 0.3) is 0 Å². The van der Waals surface area contributed by atoms with Gasteiger partial charge in [0.2, 0.25) is 5.91 Å². The zero-order chi connectivity index (χ0) is 18.3. The molecule has 0 radical (unpaired) electrons. The van der Waals surface area contributed by atoms with Crippen molar-refractivity contribution < 1.29 is 14.3 Å². The molecule has 1 saturated carbocycles. The minimum atomic E-state index is -0.526. The normalized spacial score (nSPS) is 20.6. The highest BCUT2D eigenvalue weighted by molar-refractivity contribution is 5.76. The molecule has 1 fully saturated rings. The van der Waals surface area contributed by atoms with Gasteiger partial charge >= 0.3 is 6.09 Å². The number of rotatable bonds is 5. The number of hydrogen-bond acceptors (Lipinski definition) is 4. The predicted octanol–water partition coefficient (Wildman–Crippen LogP) is 2.97. The second-order valence-electron chi connectivity index (χ2n) is 7.57.